The number of benzene rings is 1. The minimum atomic E-state index is -0.552. The Balaban J connectivity index is 2.08. The molecule has 2 rings (SSSR count). The van der Waals surface area contributed by atoms with Gasteiger partial charge in [-0.1, -0.05) is 25.4 Å². The molecule has 0 aliphatic carbocycles. The Morgan fingerprint density at radius 2 is 1.88 bits per heavy atom. The molecular weight excluding hydrogens is 342 g/mol. The number of nitrogens with one attached hydrogen (secondary N) is 1. The number of hydrogen-bond acceptors (Lipinski definition) is 3. The normalized spacial score (nSPS) is 10.7. The lowest BCUT2D eigenvalue weighted by molar-refractivity contribution is -0.684. The van der Waals surface area contributed by atoms with Gasteiger partial charge in [-0.3, -0.25) is 14.9 Å². The van der Waals surface area contributed by atoms with E-state index in [1.54, 1.807) is 4.57 Å². The number of hydrogen-bond donors (Lipinski definition) is 1. The summed E-state index contributed by atoms with van der Waals surface area (Å²) in [6.45, 7) is 4.37. The highest BCUT2D eigenvalue weighted by Gasteiger charge is 2.18. The van der Waals surface area contributed by atoms with Crippen LogP contribution in [0.25, 0.3) is 0 Å². The fourth-order valence-corrected chi connectivity index (χ4v) is 2.90. The Kier molecular flexibility index (Phi) is 6.47. The monoisotopic (exact) mass is 362 g/mol. The first-order valence-electron chi connectivity index (χ1n) is 8.17. The number of amides is 1. The third kappa shape index (κ3) is 5.00. The lowest BCUT2D eigenvalue weighted by Crippen LogP contribution is -2.39. The molecule has 0 fully saturated rings. The summed E-state index contributed by atoms with van der Waals surface area (Å²) in [6, 6.07) is 8.08. The van der Waals surface area contributed by atoms with Gasteiger partial charge in [0.15, 0.2) is 12.4 Å². The number of nitro groups is 1. The number of carbonyl (C=O) groups is 1. The molecule has 0 saturated heterocycles. The number of anilines is 1. The van der Waals surface area contributed by atoms with Gasteiger partial charge < -0.3 is 5.32 Å². The SMILES string of the molecule is CCC(CC)c1cc[n+](CC(=O)Nc2cc(Cl)ccc2[N+](=O)[O-])cc1. The molecular formula is C18H21ClN3O3+. The average molecular weight is 363 g/mol. The van der Waals surface area contributed by atoms with Gasteiger partial charge in [-0.05, 0) is 36.5 Å². The van der Waals surface area contributed by atoms with Crippen molar-refractivity contribution >= 4 is 28.9 Å². The molecule has 0 bridgehead atoms. The molecule has 25 heavy (non-hydrogen) atoms. The molecule has 1 amide bonds. The lowest BCUT2D eigenvalue weighted by Gasteiger charge is -2.11. The molecule has 1 aromatic carbocycles. The second-order valence-electron chi connectivity index (χ2n) is 5.78. The van der Waals surface area contributed by atoms with Crippen LogP contribution in [0, 0.1) is 10.1 Å². The Hall–Kier alpha value is -2.47. The molecule has 0 saturated carbocycles. The van der Waals surface area contributed by atoms with Crippen LogP contribution < -0.4 is 9.88 Å². The van der Waals surface area contributed by atoms with Crippen LogP contribution >= 0.6 is 11.6 Å². The van der Waals surface area contributed by atoms with Crippen LogP contribution in [0.4, 0.5) is 11.4 Å². The number of carbonyl (C=O) groups excluding carboxylic acids is 1. The van der Waals surface area contributed by atoms with E-state index >= 15 is 0 Å². The van der Waals surface area contributed by atoms with Crippen LogP contribution in [0.15, 0.2) is 42.7 Å². The van der Waals surface area contributed by atoms with Gasteiger partial charge in [-0.25, -0.2) is 0 Å². The molecule has 1 N–H and O–H groups in total. The van der Waals surface area contributed by atoms with E-state index in [4.69, 9.17) is 11.6 Å². The van der Waals surface area contributed by atoms with E-state index in [1.165, 1.54) is 23.8 Å². The van der Waals surface area contributed by atoms with Crippen LogP contribution in [0.3, 0.4) is 0 Å². The summed E-state index contributed by atoms with van der Waals surface area (Å²) >= 11 is 5.86. The maximum absolute atomic E-state index is 12.2. The van der Waals surface area contributed by atoms with E-state index in [9.17, 15) is 14.9 Å². The number of nitrogens with zero attached hydrogens (tertiary/aromatic N) is 2. The Labute approximate surface area is 151 Å². The molecule has 0 aliphatic heterocycles. The van der Waals surface area contributed by atoms with Gasteiger partial charge in [0, 0.05) is 23.2 Å². The van der Waals surface area contributed by atoms with Crippen LogP contribution in [0.1, 0.15) is 38.2 Å². The summed E-state index contributed by atoms with van der Waals surface area (Å²) in [4.78, 5) is 22.7. The number of nitro benzene ring substituents is 1. The van der Waals surface area contributed by atoms with Crippen molar-refractivity contribution in [2.24, 2.45) is 0 Å². The van der Waals surface area contributed by atoms with Gasteiger partial charge in [0.2, 0.25) is 6.54 Å². The highest BCUT2D eigenvalue weighted by atomic mass is 35.5. The third-order valence-electron chi connectivity index (χ3n) is 4.13. The van der Waals surface area contributed by atoms with Gasteiger partial charge in [-0.15, -0.1) is 0 Å². The van der Waals surface area contributed by atoms with E-state index in [0.717, 1.165) is 12.8 Å². The first-order valence-corrected chi connectivity index (χ1v) is 8.55. The zero-order valence-electron chi connectivity index (χ0n) is 14.2. The highest BCUT2D eigenvalue weighted by molar-refractivity contribution is 6.31. The number of rotatable bonds is 7. The highest BCUT2D eigenvalue weighted by Crippen LogP contribution is 2.27. The first kappa shape index (κ1) is 18.9. The Morgan fingerprint density at radius 1 is 1.24 bits per heavy atom. The minimum absolute atomic E-state index is 0.0624. The van der Waals surface area contributed by atoms with Crippen molar-refractivity contribution < 1.29 is 14.3 Å². The van der Waals surface area contributed by atoms with Crippen molar-refractivity contribution in [2.75, 3.05) is 5.32 Å². The van der Waals surface area contributed by atoms with Crippen LogP contribution in [-0.2, 0) is 11.3 Å². The van der Waals surface area contributed by atoms with E-state index < -0.39 is 4.92 Å². The molecule has 0 atom stereocenters. The average Bonchev–Trinajstić information content (AvgIpc) is 2.57. The number of pyridine rings is 1. The number of aromatic nitrogens is 1. The standard InChI is InChI=1S/C18H20ClN3O3/c1-3-13(4-2)14-7-9-21(10-8-14)12-18(23)20-16-11-15(19)5-6-17(16)22(24)25/h5-11,13H,3-4,12H2,1-2H3/p+1. The minimum Gasteiger partial charge on any atom is -0.315 e. The predicted octanol–water partition coefficient (Wildman–Crippen LogP) is 4.08. The zero-order chi connectivity index (χ0) is 18.4. The van der Waals surface area contributed by atoms with Crippen molar-refractivity contribution in [3.05, 3.63) is 63.4 Å². The van der Waals surface area contributed by atoms with Crippen LogP contribution in [-0.4, -0.2) is 10.8 Å². The van der Waals surface area contributed by atoms with Gasteiger partial charge >= 0.3 is 0 Å². The van der Waals surface area contributed by atoms with Gasteiger partial charge in [-0.2, -0.15) is 4.57 Å². The zero-order valence-corrected chi connectivity index (χ0v) is 15.0. The van der Waals surface area contributed by atoms with Crippen molar-refractivity contribution in [3.63, 3.8) is 0 Å². The summed E-state index contributed by atoms with van der Waals surface area (Å²) in [5.74, 6) is 0.156. The van der Waals surface area contributed by atoms with Crippen LogP contribution in [0.2, 0.25) is 5.02 Å². The van der Waals surface area contributed by atoms with E-state index in [2.05, 4.69) is 19.2 Å². The van der Waals surface area contributed by atoms with Crippen molar-refractivity contribution in [3.8, 4) is 0 Å². The molecule has 0 aliphatic rings. The molecule has 6 nitrogen and oxygen atoms in total. The first-order chi connectivity index (χ1) is 11.9. The Morgan fingerprint density at radius 3 is 2.44 bits per heavy atom. The summed E-state index contributed by atoms with van der Waals surface area (Å²) in [5.41, 5.74) is 1.15. The quantitative estimate of drug-likeness (QED) is 0.458. The molecule has 0 radical (unpaired) electrons. The molecule has 1 heterocycles. The predicted molar refractivity (Wildman–Crippen MR) is 96.7 cm³/mol. The Bertz CT molecular complexity index is 759. The summed E-state index contributed by atoms with van der Waals surface area (Å²) in [6.07, 6.45) is 5.83. The van der Waals surface area contributed by atoms with Gasteiger partial charge in [0.1, 0.15) is 5.69 Å². The third-order valence-corrected chi connectivity index (χ3v) is 4.36. The smallest absolute Gasteiger partial charge is 0.292 e. The van der Waals surface area contributed by atoms with Crippen LogP contribution in [0.5, 0.6) is 0 Å². The summed E-state index contributed by atoms with van der Waals surface area (Å²) < 4.78 is 1.73. The molecule has 0 spiro atoms. The van der Waals surface area contributed by atoms with Gasteiger partial charge in [0.05, 0.1) is 4.92 Å². The largest absolute Gasteiger partial charge is 0.315 e. The van der Waals surface area contributed by atoms with Crippen molar-refractivity contribution in [1.82, 2.24) is 0 Å². The maximum Gasteiger partial charge on any atom is 0.292 e. The second kappa shape index (κ2) is 8.58. The fourth-order valence-electron chi connectivity index (χ4n) is 2.73. The van der Waals surface area contributed by atoms with Gasteiger partial charge in [0.25, 0.3) is 11.6 Å². The molecule has 132 valence electrons. The van der Waals surface area contributed by atoms with E-state index in [-0.39, 0.29) is 23.8 Å². The molecule has 2 aromatic rings. The molecule has 7 heteroatoms. The maximum atomic E-state index is 12.2. The van der Waals surface area contributed by atoms with Crippen molar-refractivity contribution in [2.45, 2.75) is 39.2 Å². The topological polar surface area (TPSA) is 76.1 Å². The van der Waals surface area contributed by atoms with E-state index in [0.29, 0.717) is 10.9 Å². The van der Waals surface area contributed by atoms with Crippen molar-refractivity contribution in [1.29, 1.82) is 0 Å². The summed E-state index contributed by atoms with van der Waals surface area (Å²) in [7, 11) is 0. The second-order valence-corrected chi connectivity index (χ2v) is 6.22. The molecule has 0 unspecified atom stereocenters. The lowest BCUT2D eigenvalue weighted by atomic mass is 9.95. The molecule has 1 aromatic heterocycles. The fraction of sp³-hybridized carbons (Fsp3) is 0.333. The number of halogens is 1. The summed E-state index contributed by atoms with van der Waals surface area (Å²) in [5, 5.41) is 13.9. The van der Waals surface area contributed by atoms with E-state index in [1.807, 2.05) is 24.5 Å².